The summed E-state index contributed by atoms with van der Waals surface area (Å²) in [5.74, 6) is 0.173. The average molecular weight is 156 g/mol. The van der Waals surface area contributed by atoms with Crippen LogP contribution in [-0.2, 0) is 0 Å². The fraction of sp³-hybridized carbons (Fsp3) is 0.333. The zero-order chi connectivity index (χ0) is 8.85. The molecular formula is C6H12N4O. The summed E-state index contributed by atoms with van der Waals surface area (Å²) in [5, 5.41) is 15.3. The minimum atomic E-state index is -0.237. The van der Waals surface area contributed by atoms with Crippen LogP contribution < -0.4 is 11.5 Å². The molecule has 0 aromatic heterocycles. The summed E-state index contributed by atoms with van der Waals surface area (Å²) in [4.78, 5) is 0. The molecule has 0 bridgehead atoms. The molecule has 0 fully saturated rings. The number of nitrogens with two attached hydrogens (primary N) is 2. The van der Waals surface area contributed by atoms with E-state index in [1.165, 1.54) is 0 Å². The molecule has 0 aliphatic carbocycles. The Balaban J connectivity index is 4.58. The Bertz CT molecular complexity index is 207. The maximum Gasteiger partial charge on any atom is 0.150 e. The first-order valence-corrected chi connectivity index (χ1v) is 2.99. The molecule has 11 heavy (non-hydrogen) atoms. The lowest BCUT2D eigenvalue weighted by molar-refractivity contribution is 0.329. The van der Waals surface area contributed by atoms with Gasteiger partial charge in [0.2, 0.25) is 0 Å². The topological polar surface area (TPSA) is 97.0 Å². The molecule has 0 radical (unpaired) electrons. The highest BCUT2D eigenvalue weighted by molar-refractivity contribution is 5.96. The first-order valence-electron chi connectivity index (χ1n) is 2.99. The van der Waals surface area contributed by atoms with Gasteiger partial charge in [0.05, 0.1) is 6.61 Å². The highest BCUT2D eigenvalue weighted by atomic mass is 16.3. The molecule has 0 aliphatic heterocycles. The molecule has 0 amide bonds. The van der Waals surface area contributed by atoms with Crippen LogP contribution in [0, 0.1) is 0 Å². The highest BCUT2D eigenvalue weighted by Crippen LogP contribution is 1.96. The number of rotatable bonds is 3. The number of hydrogen-bond acceptors (Lipinski definition) is 4. The summed E-state index contributed by atoms with van der Waals surface area (Å²) >= 11 is 0. The van der Waals surface area contributed by atoms with E-state index in [4.69, 9.17) is 16.6 Å². The van der Waals surface area contributed by atoms with Gasteiger partial charge in [-0.15, -0.1) is 5.10 Å². The summed E-state index contributed by atoms with van der Waals surface area (Å²) in [7, 11) is 0. The van der Waals surface area contributed by atoms with Gasteiger partial charge in [0.25, 0.3) is 0 Å². The Morgan fingerprint density at radius 1 is 1.55 bits per heavy atom. The monoisotopic (exact) mass is 156 g/mol. The molecule has 0 spiro atoms. The zero-order valence-electron chi connectivity index (χ0n) is 6.41. The molecule has 0 heterocycles. The number of hydrogen-bond donors (Lipinski definition) is 3. The molecule has 5 nitrogen and oxygen atoms in total. The third kappa shape index (κ3) is 2.81. The van der Waals surface area contributed by atoms with E-state index in [1.807, 2.05) is 0 Å². The van der Waals surface area contributed by atoms with Gasteiger partial charge >= 0.3 is 0 Å². The molecule has 5 N–H and O–H groups in total. The first-order chi connectivity index (χ1) is 5.13. The minimum absolute atomic E-state index is 0.173. The van der Waals surface area contributed by atoms with Crippen molar-refractivity contribution in [3.8, 4) is 0 Å². The molecule has 0 aromatic rings. The molecule has 62 valence electrons. The summed E-state index contributed by atoms with van der Waals surface area (Å²) in [6.07, 6.45) is 0. The second-order valence-corrected chi connectivity index (χ2v) is 1.94. The van der Waals surface area contributed by atoms with Gasteiger partial charge in [-0.25, -0.2) is 0 Å². The molecule has 5 heteroatoms. The summed E-state index contributed by atoms with van der Waals surface area (Å²) in [5.41, 5.74) is 11.5. The smallest absolute Gasteiger partial charge is 0.150 e. The van der Waals surface area contributed by atoms with Crippen LogP contribution in [0.1, 0.15) is 6.92 Å². The molecule has 0 atom stereocenters. The van der Waals surface area contributed by atoms with E-state index in [2.05, 4.69) is 16.9 Å². The maximum atomic E-state index is 8.58. The molecule has 0 saturated heterocycles. The third-order valence-corrected chi connectivity index (χ3v) is 1.21. The van der Waals surface area contributed by atoms with Crippen molar-refractivity contribution >= 4 is 12.6 Å². The second-order valence-electron chi connectivity index (χ2n) is 1.94. The maximum absolute atomic E-state index is 8.58. The molecule has 0 unspecified atom stereocenters. The zero-order valence-corrected chi connectivity index (χ0v) is 6.41. The van der Waals surface area contributed by atoms with Crippen molar-refractivity contribution < 1.29 is 5.11 Å². The predicted octanol–water partition coefficient (Wildman–Crippen LogP) is -0.816. The van der Waals surface area contributed by atoms with E-state index >= 15 is 0 Å². The summed E-state index contributed by atoms with van der Waals surface area (Å²) in [6.45, 7) is 4.54. The Hall–Kier alpha value is -1.36. The Morgan fingerprint density at radius 3 is 2.45 bits per heavy atom. The van der Waals surface area contributed by atoms with E-state index in [-0.39, 0.29) is 18.1 Å². The normalized spacial score (nSPS) is 14.2. The van der Waals surface area contributed by atoms with Crippen LogP contribution in [0.4, 0.5) is 0 Å². The van der Waals surface area contributed by atoms with Gasteiger partial charge in [-0.05, 0) is 6.92 Å². The van der Waals surface area contributed by atoms with E-state index in [0.29, 0.717) is 5.57 Å². The quantitative estimate of drug-likeness (QED) is 0.283. The highest BCUT2D eigenvalue weighted by Gasteiger charge is 2.00. The van der Waals surface area contributed by atoms with Crippen LogP contribution in [0.15, 0.2) is 21.5 Å². The van der Waals surface area contributed by atoms with Gasteiger partial charge in [-0.1, -0.05) is 0 Å². The van der Waals surface area contributed by atoms with Crippen LogP contribution in [0.25, 0.3) is 0 Å². The SMILES string of the molecule is C=N/N=C(N)\C(C)=C(\N)CO. The van der Waals surface area contributed by atoms with E-state index < -0.39 is 0 Å². The molecule has 0 rings (SSSR count). The van der Waals surface area contributed by atoms with Crippen molar-refractivity contribution in [2.45, 2.75) is 6.92 Å². The van der Waals surface area contributed by atoms with Gasteiger partial charge in [0.1, 0.15) is 0 Å². The summed E-state index contributed by atoms with van der Waals surface area (Å²) in [6, 6.07) is 0. The predicted molar refractivity (Wildman–Crippen MR) is 45.1 cm³/mol. The van der Waals surface area contributed by atoms with Crippen molar-refractivity contribution in [2.75, 3.05) is 6.61 Å². The van der Waals surface area contributed by atoms with Gasteiger partial charge < -0.3 is 16.6 Å². The Kier molecular flexibility index (Phi) is 3.90. The number of nitrogens with zero attached hydrogens (tertiary/aromatic N) is 2. The molecule has 0 aliphatic rings. The van der Waals surface area contributed by atoms with E-state index in [0.717, 1.165) is 0 Å². The molecule has 0 aromatic carbocycles. The van der Waals surface area contributed by atoms with Gasteiger partial charge in [0.15, 0.2) is 5.84 Å². The van der Waals surface area contributed by atoms with Crippen LogP contribution >= 0.6 is 0 Å². The molecule has 0 saturated carbocycles. The van der Waals surface area contributed by atoms with Crippen molar-refractivity contribution in [1.82, 2.24) is 0 Å². The van der Waals surface area contributed by atoms with Crippen molar-refractivity contribution in [3.05, 3.63) is 11.3 Å². The lowest BCUT2D eigenvalue weighted by atomic mass is 10.2. The van der Waals surface area contributed by atoms with Gasteiger partial charge in [-0.3, -0.25) is 0 Å². The standard InChI is InChI=1S/C6H12N4O/c1-4(5(7)3-11)6(8)10-9-2/h11H,2-3,7H2,1H3,(H2,8,10)/b5-4+. The van der Waals surface area contributed by atoms with E-state index in [9.17, 15) is 0 Å². The number of amidine groups is 1. The van der Waals surface area contributed by atoms with Crippen molar-refractivity contribution in [1.29, 1.82) is 0 Å². The fourth-order valence-electron chi connectivity index (χ4n) is 0.434. The molecular weight excluding hydrogens is 144 g/mol. The lowest BCUT2D eigenvalue weighted by Gasteiger charge is -2.01. The van der Waals surface area contributed by atoms with Crippen LogP contribution in [0.2, 0.25) is 0 Å². The van der Waals surface area contributed by atoms with E-state index in [1.54, 1.807) is 6.92 Å². The van der Waals surface area contributed by atoms with Crippen LogP contribution in [-0.4, -0.2) is 24.3 Å². The Morgan fingerprint density at radius 2 is 2.09 bits per heavy atom. The summed E-state index contributed by atoms with van der Waals surface area (Å²) < 4.78 is 0. The average Bonchev–Trinajstić information content (AvgIpc) is 2.02. The minimum Gasteiger partial charge on any atom is -0.400 e. The second kappa shape index (κ2) is 4.45. The Labute approximate surface area is 65.1 Å². The third-order valence-electron chi connectivity index (χ3n) is 1.21. The van der Waals surface area contributed by atoms with Gasteiger partial charge in [-0.2, -0.15) is 5.10 Å². The van der Waals surface area contributed by atoms with Crippen LogP contribution in [0.5, 0.6) is 0 Å². The fourth-order valence-corrected chi connectivity index (χ4v) is 0.434. The largest absolute Gasteiger partial charge is 0.400 e. The lowest BCUT2D eigenvalue weighted by Crippen LogP contribution is -2.18. The first kappa shape index (κ1) is 9.64. The van der Waals surface area contributed by atoms with Gasteiger partial charge in [0, 0.05) is 18.0 Å². The number of aliphatic hydroxyl groups excluding tert-OH is 1. The van der Waals surface area contributed by atoms with Crippen molar-refractivity contribution in [2.24, 2.45) is 21.7 Å². The van der Waals surface area contributed by atoms with Crippen molar-refractivity contribution in [3.63, 3.8) is 0 Å². The van der Waals surface area contributed by atoms with Crippen LogP contribution in [0.3, 0.4) is 0 Å². The number of aliphatic hydroxyl groups is 1.